The summed E-state index contributed by atoms with van der Waals surface area (Å²) in [6, 6.07) is 36.8. The fourth-order valence-corrected chi connectivity index (χ4v) is 6.33. The second kappa shape index (κ2) is 7.01. The highest BCUT2D eigenvalue weighted by Crippen LogP contribution is 2.62. The smallest absolute Gasteiger partial charge is 0.374 e. The van der Waals surface area contributed by atoms with Gasteiger partial charge in [-0.15, -0.1) is 9.67 Å². The maximum atomic E-state index is 6.83. The third kappa shape index (κ3) is 2.37. The summed E-state index contributed by atoms with van der Waals surface area (Å²) >= 11 is 0. The van der Waals surface area contributed by atoms with Crippen LogP contribution in [0.2, 0.25) is 0 Å². The Kier molecular flexibility index (Phi) is 3.69. The first kappa shape index (κ1) is 20.0. The fourth-order valence-electron chi connectivity index (χ4n) is 6.33. The van der Waals surface area contributed by atoms with Crippen LogP contribution in [0.15, 0.2) is 120 Å². The lowest BCUT2D eigenvalue weighted by atomic mass is 9.78. The van der Waals surface area contributed by atoms with E-state index in [4.69, 9.17) is 19.3 Å². The highest BCUT2D eigenvalue weighted by atomic mass is 16.5. The molecule has 180 valence electrons. The van der Waals surface area contributed by atoms with E-state index < -0.39 is 11.8 Å². The van der Waals surface area contributed by atoms with E-state index in [1.165, 1.54) is 5.56 Å². The average Bonchev–Trinajstić information content (AvgIpc) is 3.53. The first-order valence-electron chi connectivity index (χ1n) is 12.7. The van der Waals surface area contributed by atoms with Crippen LogP contribution in [-0.4, -0.2) is 12.1 Å². The Morgan fingerprint density at radius 1 is 0.632 bits per heavy atom. The van der Waals surface area contributed by atoms with Crippen molar-refractivity contribution >= 4 is 11.6 Å². The Bertz CT molecular complexity index is 1800. The number of hydrogen-bond donors (Lipinski definition) is 0. The minimum absolute atomic E-state index is 0.457. The van der Waals surface area contributed by atoms with Gasteiger partial charge in [-0.3, -0.25) is 0 Å². The van der Waals surface area contributed by atoms with E-state index in [1.807, 2.05) is 59.6 Å². The third-order valence-corrected chi connectivity index (χ3v) is 7.88. The first-order valence-corrected chi connectivity index (χ1v) is 12.7. The van der Waals surface area contributed by atoms with Crippen LogP contribution in [0.1, 0.15) is 16.7 Å². The van der Waals surface area contributed by atoms with Crippen LogP contribution in [0.4, 0.5) is 5.69 Å². The molecule has 0 aliphatic carbocycles. The molecule has 0 N–H and O–H groups in total. The maximum Gasteiger partial charge on any atom is 0.374 e. The van der Waals surface area contributed by atoms with Crippen LogP contribution in [0.3, 0.4) is 0 Å². The van der Waals surface area contributed by atoms with Crippen molar-refractivity contribution in [2.45, 2.75) is 11.8 Å². The van der Waals surface area contributed by atoms with Gasteiger partial charge in [-0.05, 0) is 53.6 Å². The van der Waals surface area contributed by atoms with Crippen LogP contribution >= 0.6 is 0 Å². The van der Waals surface area contributed by atoms with Crippen molar-refractivity contribution in [1.29, 1.82) is 0 Å². The Morgan fingerprint density at radius 2 is 1.32 bits per heavy atom. The van der Waals surface area contributed by atoms with E-state index in [0.717, 1.165) is 51.1 Å². The van der Waals surface area contributed by atoms with Crippen molar-refractivity contribution in [2.75, 3.05) is 5.01 Å². The van der Waals surface area contributed by atoms with Crippen LogP contribution in [0, 0.1) is 0 Å². The van der Waals surface area contributed by atoms with Crippen molar-refractivity contribution in [3.8, 4) is 34.3 Å². The predicted molar refractivity (Wildman–Crippen MR) is 142 cm³/mol. The van der Waals surface area contributed by atoms with Crippen molar-refractivity contribution in [3.05, 3.63) is 132 Å². The van der Waals surface area contributed by atoms with Gasteiger partial charge in [0.15, 0.2) is 6.20 Å². The summed E-state index contributed by atoms with van der Waals surface area (Å²) in [6.45, 7) is 0. The molecule has 5 heterocycles. The summed E-state index contributed by atoms with van der Waals surface area (Å²) in [5.41, 5.74) is 5.47. The van der Waals surface area contributed by atoms with E-state index >= 15 is 0 Å². The van der Waals surface area contributed by atoms with Crippen LogP contribution in [0.25, 0.3) is 11.1 Å². The number of nitrogens with zero attached hydrogens (tertiary/aromatic N) is 3. The molecule has 9 rings (SSSR count). The van der Waals surface area contributed by atoms with Crippen LogP contribution < -0.4 is 19.0 Å². The van der Waals surface area contributed by atoms with Crippen molar-refractivity contribution < 1.29 is 18.8 Å². The number of fused-ring (bicyclic) bond motifs is 3. The molecule has 2 atom stereocenters. The molecule has 0 fully saturated rings. The number of anilines is 1. The second-order valence-electron chi connectivity index (χ2n) is 9.82. The van der Waals surface area contributed by atoms with Gasteiger partial charge in [0.2, 0.25) is 5.90 Å². The van der Waals surface area contributed by atoms with E-state index in [9.17, 15) is 0 Å². The molecule has 2 unspecified atom stereocenters. The molecule has 0 saturated heterocycles. The van der Waals surface area contributed by atoms with E-state index in [0.29, 0.717) is 5.90 Å². The van der Waals surface area contributed by atoms with Crippen molar-refractivity contribution in [1.82, 2.24) is 0 Å². The number of pyridine rings is 1. The van der Waals surface area contributed by atoms with Gasteiger partial charge in [-0.2, -0.15) is 0 Å². The molecule has 0 radical (unpaired) electrons. The third-order valence-electron chi connectivity index (χ3n) is 7.88. The number of ether oxygens (including phenoxy) is 3. The molecular weight excluding hydrogens is 474 g/mol. The van der Waals surface area contributed by atoms with Crippen LogP contribution in [-0.2, 0) is 10.3 Å². The summed E-state index contributed by atoms with van der Waals surface area (Å²) in [6.07, 6.45) is 1.60. The van der Waals surface area contributed by atoms with Gasteiger partial charge in [0.25, 0.3) is 11.8 Å². The molecule has 1 aromatic heterocycles. The molecule has 0 amide bonds. The van der Waals surface area contributed by atoms with Gasteiger partial charge >= 0.3 is 5.88 Å². The summed E-state index contributed by atoms with van der Waals surface area (Å²) in [5.74, 6) is 3.67. The highest BCUT2D eigenvalue weighted by Gasteiger charge is 2.71. The van der Waals surface area contributed by atoms with Crippen LogP contribution in [0.5, 0.6) is 23.1 Å². The van der Waals surface area contributed by atoms with Gasteiger partial charge in [0, 0.05) is 11.6 Å². The molecule has 0 saturated carbocycles. The molecule has 5 aromatic rings. The largest absolute Gasteiger partial charge is 0.456 e. The Morgan fingerprint density at radius 3 is 2.16 bits per heavy atom. The molecule has 1 spiro atoms. The number of aromatic nitrogens is 1. The lowest BCUT2D eigenvalue weighted by Crippen LogP contribution is -2.66. The summed E-state index contributed by atoms with van der Waals surface area (Å²) < 4.78 is 21.8. The Hall–Kier alpha value is -5.10. The van der Waals surface area contributed by atoms with Gasteiger partial charge in [-0.1, -0.05) is 54.6 Å². The van der Waals surface area contributed by atoms with E-state index in [2.05, 4.69) is 65.4 Å². The molecule has 4 aromatic carbocycles. The van der Waals surface area contributed by atoms with Crippen molar-refractivity contribution in [3.63, 3.8) is 0 Å². The molecule has 4 aliphatic rings. The van der Waals surface area contributed by atoms with Gasteiger partial charge < -0.3 is 14.2 Å². The van der Waals surface area contributed by atoms with Crippen molar-refractivity contribution in [2.24, 2.45) is 5.10 Å². The minimum Gasteiger partial charge on any atom is -0.456 e. The quantitative estimate of drug-likeness (QED) is 0.275. The number of hydrazone groups is 1. The molecule has 4 aliphatic heterocycles. The molecule has 38 heavy (non-hydrogen) atoms. The van der Waals surface area contributed by atoms with E-state index in [-0.39, 0.29) is 0 Å². The molecular formula is C32H20N3O3+. The highest BCUT2D eigenvalue weighted by molar-refractivity contribution is 5.98. The monoisotopic (exact) mass is 494 g/mol. The molecule has 6 heteroatoms. The standard InChI is InChI=1S/C32H20N3O3/c1-2-8-20(9-3-1)21-15-17-22(18-16-21)30-33-35-23-10-6-11-24-28(23)32(31(35)38-30)29-25(36-24)12-7-13-26(29)37-27-14-4-5-19-34(27)32/h1-19,31H/q+1. The zero-order valence-corrected chi connectivity index (χ0v) is 20.1. The lowest BCUT2D eigenvalue weighted by molar-refractivity contribution is -0.756. The summed E-state index contributed by atoms with van der Waals surface area (Å²) in [5, 5.41) is 7.05. The average molecular weight is 495 g/mol. The summed E-state index contributed by atoms with van der Waals surface area (Å²) in [7, 11) is 0. The predicted octanol–water partition coefficient (Wildman–Crippen LogP) is 6.18. The number of hydrogen-bond acceptors (Lipinski definition) is 5. The van der Waals surface area contributed by atoms with Gasteiger partial charge in [-0.25, -0.2) is 5.01 Å². The minimum atomic E-state index is -0.736. The number of rotatable bonds is 2. The molecule has 0 bridgehead atoms. The summed E-state index contributed by atoms with van der Waals surface area (Å²) in [4.78, 5) is 0. The zero-order valence-electron chi connectivity index (χ0n) is 20.1. The Balaban J connectivity index is 1.24. The normalized spacial score (nSPS) is 20.7. The topological polar surface area (TPSA) is 47.2 Å². The zero-order chi connectivity index (χ0) is 24.8. The maximum absolute atomic E-state index is 6.83. The molecule has 6 nitrogen and oxygen atoms in total. The van der Waals surface area contributed by atoms with Gasteiger partial charge in [0.1, 0.15) is 28.4 Å². The Labute approximate surface area is 218 Å². The van der Waals surface area contributed by atoms with E-state index in [1.54, 1.807) is 0 Å². The second-order valence-corrected chi connectivity index (χ2v) is 9.82. The fraction of sp³-hybridized carbons (Fsp3) is 0.0625. The SMILES string of the molecule is c1ccc(-c2ccc(C3=NN4c5cccc6c5C5(c7c(cccc7Oc7cccc[n+]75)O6)C4O3)cc2)cc1. The lowest BCUT2D eigenvalue weighted by Gasteiger charge is -2.38. The number of benzene rings is 4. The van der Waals surface area contributed by atoms with Gasteiger partial charge in [0.05, 0.1) is 11.8 Å². The first-order chi connectivity index (χ1) is 18.8.